The third-order valence-corrected chi connectivity index (χ3v) is 6.28. The fraction of sp³-hybridized carbons (Fsp3) is 0.280. The Hall–Kier alpha value is -3.13. The first-order chi connectivity index (χ1) is 15.8. The molecule has 0 fully saturated rings. The van der Waals surface area contributed by atoms with E-state index in [-0.39, 0.29) is 11.5 Å². The summed E-state index contributed by atoms with van der Waals surface area (Å²) in [4.78, 5) is 16.0. The summed E-state index contributed by atoms with van der Waals surface area (Å²) in [7, 11) is 0. The van der Waals surface area contributed by atoms with E-state index in [4.69, 9.17) is 0 Å². The molecule has 0 bridgehead atoms. The highest BCUT2D eigenvalue weighted by Gasteiger charge is 2.37. The maximum atomic E-state index is 12.8. The van der Waals surface area contributed by atoms with Gasteiger partial charge >= 0.3 is 6.18 Å². The lowest BCUT2D eigenvalue weighted by Crippen LogP contribution is -2.33. The predicted molar refractivity (Wildman–Crippen MR) is 127 cm³/mol. The minimum Gasteiger partial charge on any atom is -0.334 e. The Morgan fingerprint density at radius 2 is 2.00 bits per heavy atom. The van der Waals surface area contributed by atoms with Crippen LogP contribution in [0.2, 0.25) is 0 Å². The zero-order chi connectivity index (χ0) is 24.0. The summed E-state index contributed by atoms with van der Waals surface area (Å²) in [5.41, 5.74) is 1.22. The second-order valence-corrected chi connectivity index (χ2v) is 8.59. The van der Waals surface area contributed by atoms with E-state index in [1.165, 1.54) is 32.3 Å². The highest BCUT2D eigenvalue weighted by molar-refractivity contribution is 7.13. The summed E-state index contributed by atoms with van der Waals surface area (Å²) >= 11 is 1.78. The van der Waals surface area contributed by atoms with Gasteiger partial charge in [0.2, 0.25) is 5.91 Å². The molecular formula is C25H26F3N3OS. The van der Waals surface area contributed by atoms with E-state index in [0.29, 0.717) is 12.1 Å². The van der Waals surface area contributed by atoms with Gasteiger partial charge in [0.25, 0.3) is 0 Å². The molecule has 1 aliphatic rings. The monoisotopic (exact) mass is 473 g/mol. The van der Waals surface area contributed by atoms with E-state index in [2.05, 4.69) is 23.8 Å². The minimum absolute atomic E-state index is 0.0339. The number of alkyl halides is 3. The topological polar surface area (TPSA) is 38.1 Å². The first kappa shape index (κ1) is 24.5. The van der Waals surface area contributed by atoms with Crippen LogP contribution in [0.1, 0.15) is 34.9 Å². The number of amides is 1. The van der Waals surface area contributed by atoms with Gasteiger partial charge in [0.15, 0.2) is 5.69 Å². The molecule has 0 atom stereocenters. The number of hydrogen-bond acceptors (Lipinski definition) is 3. The van der Waals surface area contributed by atoms with Crippen molar-refractivity contribution in [3.63, 3.8) is 0 Å². The summed E-state index contributed by atoms with van der Waals surface area (Å²) in [6.45, 7) is 9.26. The highest BCUT2D eigenvalue weighted by Crippen LogP contribution is 2.36. The van der Waals surface area contributed by atoms with Gasteiger partial charge in [0.05, 0.1) is 6.54 Å². The number of hydrogen-bond donors (Lipinski definition) is 0. The van der Waals surface area contributed by atoms with Crippen molar-refractivity contribution in [1.82, 2.24) is 14.7 Å². The molecule has 0 radical (unpaired) electrons. The summed E-state index contributed by atoms with van der Waals surface area (Å²) in [5, 5.41) is 3.57. The van der Waals surface area contributed by atoms with Crippen molar-refractivity contribution in [3.05, 3.63) is 82.3 Å². The van der Waals surface area contributed by atoms with Gasteiger partial charge in [-0.1, -0.05) is 43.0 Å². The zero-order valence-electron chi connectivity index (χ0n) is 18.6. The van der Waals surface area contributed by atoms with E-state index in [1.807, 2.05) is 17.9 Å². The summed E-state index contributed by atoms with van der Waals surface area (Å²) < 4.78 is 39.7. The molecular weight excluding hydrogens is 447 g/mol. The number of carbonyl (C=O) groups is 1. The van der Waals surface area contributed by atoms with Crippen LogP contribution in [0.5, 0.6) is 0 Å². The van der Waals surface area contributed by atoms with E-state index >= 15 is 0 Å². The molecule has 0 unspecified atom stereocenters. The number of thiophene rings is 1. The number of fused-ring (bicyclic) bond motifs is 1. The molecule has 2 aromatic heterocycles. The molecule has 4 nitrogen and oxygen atoms in total. The van der Waals surface area contributed by atoms with Crippen LogP contribution in [-0.2, 0) is 30.5 Å². The molecule has 0 N–H and O–H groups in total. The van der Waals surface area contributed by atoms with E-state index in [9.17, 15) is 18.0 Å². The van der Waals surface area contributed by atoms with Crippen molar-refractivity contribution < 1.29 is 18.0 Å². The largest absolute Gasteiger partial charge is 0.435 e. The quantitative estimate of drug-likeness (QED) is 0.409. The van der Waals surface area contributed by atoms with E-state index in [1.54, 1.807) is 48.6 Å². The van der Waals surface area contributed by atoms with Crippen molar-refractivity contribution >= 4 is 23.3 Å². The smallest absolute Gasteiger partial charge is 0.334 e. The van der Waals surface area contributed by atoms with Gasteiger partial charge in [-0.2, -0.15) is 18.3 Å². The van der Waals surface area contributed by atoms with Crippen molar-refractivity contribution in [3.8, 4) is 11.1 Å². The number of carbonyl (C=O) groups excluding carboxylic acids is 1. The first-order valence-electron chi connectivity index (χ1n) is 10.6. The van der Waals surface area contributed by atoms with Gasteiger partial charge in [-0.3, -0.25) is 9.48 Å². The zero-order valence-corrected chi connectivity index (χ0v) is 19.4. The summed E-state index contributed by atoms with van der Waals surface area (Å²) in [6.07, 6.45) is 3.52. The molecule has 0 saturated carbocycles. The number of benzene rings is 1. The summed E-state index contributed by atoms with van der Waals surface area (Å²) in [6, 6.07) is 10.7. The maximum absolute atomic E-state index is 12.8. The predicted octanol–water partition coefficient (Wildman–Crippen LogP) is 6.44. The molecule has 0 aliphatic carbocycles. The van der Waals surface area contributed by atoms with Crippen LogP contribution in [0.25, 0.3) is 17.2 Å². The van der Waals surface area contributed by atoms with Crippen LogP contribution in [0.4, 0.5) is 13.2 Å². The second-order valence-electron chi connectivity index (χ2n) is 7.42. The molecule has 1 aromatic carbocycles. The van der Waals surface area contributed by atoms with Gasteiger partial charge in [-0.05, 0) is 49.6 Å². The van der Waals surface area contributed by atoms with Crippen LogP contribution in [0, 0.1) is 0 Å². The molecule has 1 amide bonds. The molecule has 33 heavy (non-hydrogen) atoms. The summed E-state index contributed by atoms with van der Waals surface area (Å²) in [5.74, 6) is 0.0339. The number of aromatic nitrogens is 2. The van der Waals surface area contributed by atoms with Crippen molar-refractivity contribution in [1.29, 1.82) is 0 Å². The van der Waals surface area contributed by atoms with Gasteiger partial charge in [0, 0.05) is 34.6 Å². The third kappa shape index (κ3) is 6.01. The van der Waals surface area contributed by atoms with Gasteiger partial charge in [-0.15, -0.1) is 11.3 Å². The van der Waals surface area contributed by atoms with Crippen molar-refractivity contribution in [2.24, 2.45) is 0 Å². The SMILES string of the molecule is C=CC(=O)N1CCc2cc(/C=C/C)sc2C1.CCn1cc(-c2ccccc2)c(C(F)(F)F)n1. The molecule has 8 heteroatoms. The molecule has 3 heterocycles. The molecule has 0 saturated heterocycles. The van der Waals surface area contributed by atoms with Gasteiger partial charge in [0.1, 0.15) is 0 Å². The Morgan fingerprint density at radius 3 is 2.61 bits per heavy atom. The van der Waals surface area contributed by atoms with Crippen LogP contribution in [-0.4, -0.2) is 27.1 Å². The Balaban J connectivity index is 0.000000186. The fourth-order valence-corrected chi connectivity index (χ4v) is 4.73. The molecule has 4 rings (SSSR count). The average molecular weight is 474 g/mol. The second kappa shape index (κ2) is 10.7. The Kier molecular flexibility index (Phi) is 7.92. The standard InChI is InChI=1S/C13H15NOS.C12H11F3N2/c1-3-5-11-8-10-6-7-14(13(15)4-2)9-12(10)16-11;1-2-17-8-10(9-6-4-3-5-7-9)11(16-17)12(13,14)15/h3-5,8H,2,6-7,9H2,1H3;3-8H,2H2,1H3/b5-3+;. The highest BCUT2D eigenvalue weighted by atomic mass is 32.1. The average Bonchev–Trinajstić information content (AvgIpc) is 3.43. The number of rotatable bonds is 4. The Morgan fingerprint density at radius 1 is 1.27 bits per heavy atom. The number of halogens is 3. The van der Waals surface area contributed by atoms with Gasteiger partial charge in [-0.25, -0.2) is 0 Å². The third-order valence-electron chi connectivity index (χ3n) is 5.16. The van der Waals surface area contributed by atoms with Crippen LogP contribution < -0.4 is 0 Å². The fourth-order valence-electron chi connectivity index (χ4n) is 3.53. The molecule has 1 aliphatic heterocycles. The first-order valence-corrected chi connectivity index (χ1v) is 11.4. The lowest BCUT2D eigenvalue weighted by Gasteiger charge is -2.25. The maximum Gasteiger partial charge on any atom is 0.435 e. The van der Waals surface area contributed by atoms with Crippen LogP contribution >= 0.6 is 11.3 Å². The van der Waals surface area contributed by atoms with Crippen LogP contribution in [0.3, 0.4) is 0 Å². The molecule has 3 aromatic rings. The normalized spacial score (nSPS) is 13.4. The minimum atomic E-state index is -4.43. The number of allylic oxidation sites excluding steroid dienone is 1. The van der Waals surface area contributed by atoms with E-state index in [0.717, 1.165) is 19.5 Å². The van der Waals surface area contributed by atoms with Crippen molar-refractivity contribution in [2.45, 2.75) is 39.5 Å². The van der Waals surface area contributed by atoms with Gasteiger partial charge < -0.3 is 4.90 Å². The lowest BCUT2D eigenvalue weighted by atomic mass is 10.1. The van der Waals surface area contributed by atoms with Crippen molar-refractivity contribution in [2.75, 3.05) is 6.54 Å². The number of nitrogens with zero attached hydrogens (tertiary/aromatic N) is 3. The lowest BCUT2D eigenvalue weighted by molar-refractivity contribution is -0.141. The Labute approximate surface area is 195 Å². The Bertz CT molecular complexity index is 1130. The number of aryl methyl sites for hydroxylation is 1. The van der Waals surface area contributed by atoms with E-state index < -0.39 is 11.9 Å². The van der Waals surface area contributed by atoms with Crippen LogP contribution in [0.15, 0.2) is 61.3 Å². The molecule has 0 spiro atoms. The molecule has 174 valence electrons.